The SMILES string of the molecule is CCOc1cc(C)ccc1I. The Morgan fingerprint density at radius 2 is 2.18 bits per heavy atom. The molecule has 0 spiro atoms. The Hall–Kier alpha value is -0.250. The summed E-state index contributed by atoms with van der Waals surface area (Å²) in [5.41, 5.74) is 1.24. The van der Waals surface area contributed by atoms with Crippen LogP contribution in [0.15, 0.2) is 18.2 Å². The fraction of sp³-hybridized carbons (Fsp3) is 0.333. The average Bonchev–Trinajstić information content (AvgIpc) is 1.98. The highest BCUT2D eigenvalue weighted by atomic mass is 127. The van der Waals surface area contributed by atoms with Gasteiger partial charge in [-0.15, -0.1) is 0 Å². The second kappa shape index (κ2) is 3.95. The standard InChI is InChI=1S/C9H11IO/c1-3-11-9-6-7(2)4-5-8(9)10/h4-6H,3H2,1-2H3. The molecule has 1 nitrogen and oxygen atoms in total. The summed E-state index contributed by atoms with van der Waals surface area (Å²) < 4.78 is 6.59. The van der Waals surface area contributed by atoms with Crippen molar-refractivity contribution in [2.24, 2.45) is 0 Å². The van der Waals surface area contributed by atoms with Crippen LogP contribution >= 0.6 is 22.6 Å². The molecule has 1 aromatic rings. The second-order valence-electron chi connectivity index (χ2n) is 2.37. The maximum absolute atomic E-state index is 5.41. The third-order valence-electron chi connectivity index (χ3n) is 1.39. The van der Waals surface area contributed by atoms with Crippen LogP contribution in [-0.4, -0.2) is 6.61 Å². The molecule has 0 fully saturated rings. The topological polar surface area (TPSA) is 9.23 Å². The van der Waals surface area contributed by atoms with E-state index in [9.17, 15) is 0 Å². The number of ether oxygens (including phenoxy) is 1. The van der Waals surface area contributed by atoms with Crippen molar-refractivity contribution in [2.75, 3.05) is 6.61 Å². The zero-order valence-electron chi connectivity index (χ0n) is 6.73. The minimum atomic E-state index is 0.736. The van der Waals surface area contributed by atoms with Gasteiger partial charge in [-0.1, -0.05) is 6.07 Å². The molecule has 0 heterocycles. The Balaban J connectivity index is 2.93. The summed E-state index contributed by atoms with van der Waals surface area (Å²) in [5, 5.41) is 0. The molecule has 0 aliphatic heterocycles. The first-order valence-electron chi connectivity index (χ1n) is 3.63. The third kappa shape index (κ3) is 2.36. The van der Waals surface area contributed by atoms with Crippen LogP contribution in [0.2, 0.25) is 0 Å². The molecule has 0 amide bonds. The molecule has 0 saturated heterocycles. The van der Waals surface area contributed by atoms with Crippen LogP contribution in [0, 0.1) is 10.5 Å². The van der Waals surface area contributed by atoms with E-state index in [0.29, 0.717) is 0 Å². The van der Waals surface area contributed by atoms with Crippen LogP contribution in [0.5, 0.6) is 5.75 Å². The minimum Gasteiger partial charge on any atom is -0.493 e. The average molecular weight is 262 g/mol. The maximum atomic E-state index is 5.41. The Morgan fingerprint density at radius 3 is 2.82 bits per heavy atom. The van der Waals surface area contributed by atoms with Gasteiger partial charge in [-0.2, -0.15) is 0 Å². The molecule has 0 unspecified atom stereocenters. The molecule has 1 rings (SSSR count). The zero-order valence-corrected chi connectivity index (χ0v) is 8.88. The number of hydrogen-bond donors (Lipinski definition) is 0. The van der Waals surface area contributed by atoms with E-state index in [1.165, 1.54) is 9.13 Å². The summed E-state index contributed by atoms with van der Waals surface area (Å²) in [4.78, 5) is 0. The number of aryl methyl sites for hydroxylation is 1. The van der Waals surface area contributed by atoms with Crippen molar-refractivity contribution in [3.05, 3.63) is 27.3 Å². The lowest BCUT2D eigenvalue weighted by molar-refractivity contribution is 0.337. The fourth-order valence-corrected chi connectivity index (χ4v) is 1.37. The van der Waals surface area contributed by atoms with Crippen LogP contribution in [0.3, 0.4) is 0 Å². The highest BCUT2D eigenvalue weighted by Gasteiger charge is 1.98. The van der Waals surface area contributed by atoms with Gasteiger partial charge in [0.15, 0.2) is 0 Å². The molecular formula is C9H11IO. The molecule has 1 aromatic carbocycles. The number of rotatable bonds is 2. The first-order valence-corrected chi connectivity index (χ1v) is 4.71. The van der Waals surface area contributed by atoms with Gasteiger partial charge in [-0.25, -0.2) is 0 Å². The van der Waals surface area contributed by atoms with Crippen molar-refractivity contribution >= 4 is 22.6 Å². The predicted molar refractivity (Wildman–Crippen MR) is 55.1 cm³/mol. The summed E-state index contributed by atoms with van der Waals surface area (Å²) in [6.45, 7) is 4.80. The molecule has 0 bridgehead atoms. The van der Waals surface area contributed by atoms with Crippen molar-refractivity contribution < 1.29 is 4.74 Å². The molecule has 0 radical (unpaired) electrons. The highest BCUT2D eigenvalue weighted by molar-refractivity contribution is 14.1. The minimum absolute atomic E-state index is 0.736. The second-order valence-corrected chi connectivity index (χ2v) is 3.53. The summed E-state index contributed by atoms with van der Waals surface area (Å²) >= 11 is 2.28. The first-order chi connectivity index (χ1) is 5.24. The monoisotopic (exact) mass is 262 g/mol. The lowest BCUT2D eigenvalue weighted by atomic mass is 10.2. The van der Waals surface area contributed by atoms with E-state index in [4.69, 9.17) is 4.74 Å². The van der Waals surface area contributed by atoms with Gasteiger partial charge in [0.05, 0.1) is 10.2 Å². The van der Waals surface area contributed by atoms with Crippen LogP contribution < -0.4 is 4.74 Å². The van der Waals surface area contributed by atoms with E-state index in [1.54, 1.807) is 0 Å². The van der Waals surface area contributed by atoms with Gasteiger partial charge in [0.25, 0.3) is 0 Å². The van der Waals surface area contributed by atoms with E-state index in [0.717, 1.165) is 12.4 Å². The smallest absolute Gasteiger partial charge is 0.132 e. The summed E-state index contributed by atoms with van der Waals surface area (Å²) in [6.07, 6.45) is 0. The van der Waals surface area contributed by atoms with Gasteiger partial charge in [-0.3, -0.25) is 0 Å². The van der Waals surface area contributed by atoms with Crippen LogP contribution in [0.1, 0.15) is 12.5 Å². The molecule has 2 heteroatoms. The van der Waals surface area contributed by atoms with E-state index < -0.39 is 0 Å². The van der Waals surface area contributed by atoms with Crippen molar-refractivity contribution in [3.63, 3.8) is 0 Å². The van der Waals surface area contributed by atoms with Gasteiger partial charge in [-0.05, 0) is 54.1 Å². The van der Waals surface area contributed by atoms with E-state index in [1.807, 2.05) is 6.92 Å². The Kier molecular flexibility index (Phi) is 3.17. The highest BCUT2D eigenvalue weighted by Crippen LogP contribution is 2.21. The molecule has 0 aliphatic carbocycles. The molecule has 0 atom stereocenters. The fourth-order valence-electron chi connectivity index (χ4n) is 0.877. The van der Waals surface area contributed by atoms with E-state index >= 15 is 0 Å². The number of hydrogen-bond acceptors (Lipinski definition) is 1. The first kappa shape index (κ1) is 8.84. The molecule has 0 aliphatic rings. The quantitative estimate of drug-likeness (QED) is 0.744. The maximum Gasteiger partial charge on any atom is 0.132 e. The van der Waals surface area contributed by atoms with Crippen molar-refractivity contribution in [1.82, 2.24) is 0 Å². The van der Waals surface area contributed by atoms with Crippen molar-refractivity contribution in [1.29, 1.82) is 0 Å². The Morgan fingerprint density at radius 1 is 1.45 bits per heavy atom. The van der Waals surface area contributed by atoms with Crippen LogP contribution in [0.4, 0.5) is 0 Å². The van der Waals surface area contributed by atoms with Gasteiger partial charge in [0, 0.05) is 0 Å². The largest absolute Gasteiger partial charge is 0.493 e. The number of halogens is 1. The normalized spacial score (nSPS) is 9.73. The van der Waals surface area contributed by atoms with Crippen LogP contribution in [-0.2, 0) is 0 Å². The Labute approximate surface area is 80.9 Å². The van der Waals surface area contributed by atoms with Gasteiger partial charge < -0.3 is 4.74 Å². The third-order valence-corrected chi connectivity index (χ3v) is 2.28. The van der Waals surface area contributed by atoms with Gasteiger partial charge in [0.1, 0.15) is 5.75 Å². The number of benzene rings is 1. The summed E-state index contributed by atoms with van der Waals surface area (Å²) in [5.74, 6) is 0.994. The molecule has 11 heavy (non-hydrogen) atoms. The van der Waals surface area contributed by atoms with Gasteiger partial charge >= 0.3 is 0 Å². The predicted octanol–water partition coefficient (Wildman–Crippen LogP) is 3.00. The molecule has 0 N–H and O–H groups in total. The molecule has 60 valence electrons. The molecule has 0 saturated carbocycles. The Bertz CT molecular complexity index is 245. The van der Waals surface area contributed by atoms with E-state index in [-0.39, 0.29) is 0 Å². The molecular weight excluding hydrogens is 251 g/mol. The summed E-state index contributed by atoms with van der Waals surface area (Å²) in [7, 11) is 0. The van der Waals surface area contributed by atoms with Crippen LogP contribution in [0.25, 0.3) is 0 Å². The summed E-state index contributed by atoms with van der Waals surface area (Å²) in [6, 6.07) is 6.22. The lowest BCUT2D eigenvalue weighted by Crippen LogP contribution is -1.93. The van der Waals surface area contributed by atoms with E-state index in [2.05, 4.69) is 47.7 Å². The van der Waals surface area contributed by atoms with Crippen molar-refractivity contribution in [2.45, 2.75) is 13.8 Å². The lowest BCUT2D eigenvalue weighted by Gasteiger charge is -2.05. The van der Waals surface area contributed by atoms with Gasteiger partial charge in [0.2, 0.25) is 0 Å². The van der Waals surface area contributed by atoms with Crippen molar-refractivity contribution in [3.8, 4) is 5.75 Å². The molecule has 0 aromatic heterocycles. The zero-order chi connectivity index (χ0) is 8.27.